The second-order valence-corrected chi connectivity index (χ2v) is 5.76. The fraction of sp³-hybridized carbons (Fsp3) is 0.167. The molecular weight excluding hydrogens is 352 g/mol. The van der Waals surface area contributed by atoms with E-state index in [9.17, 15) is 19.7 Å². The Kier molecular flexibility index (Phi) is 4.84. The van der Waals surface area contributed by atoms with Gasteiger partial charge in [0.2, 0.25) is 0 Å². The topological polar surface area (TPSA) is 116 Å². The van der Waals surface area contributed by atoms with E-state index >= 15 is 0 Å². The highest BCUT2D eigenvalue weighted by Crippen LogP contribution is 2.25. The van der Waals surface area contributed by atoms with Gasteiger partial charge in [0.15, 0.2) is 0 Å². The van der Waals surface area contributed by atoms with Gasteiger partial charge in [0.05, 0.1) is 16.2 Å². The van der Waals surface area contributed by atoms with Gasteiger partial charge in [-0.2, -0.15) is 0 Å². The fourth-order valence-electron chi connectivity index (χ4n) is 2.68. The number of rotatable bonds is 5. The number of ether oxygens (including phenoxy) is 1. The van der Waals surface area contributed by atoms with Crippen LogP contribution in [-0.4, -0.2) is 27.3 Å². The van der Waals surface area contributed by atoms with Crippen LogP contribution in [0.4, 0.5) is 11.4 Å². The summed E-state index contributed by atoms with van der Waals surface area (Å²) < 4.78 is 6.61. The standard InChI is InChI=1S/C18H16N4O5/c1-11-4-3-5-16-20-13(9-17(23)21(11)16)10-27-18(24)12-6-7-14(19-2)15(8-12)22(25)26/h3-9,19H,10H2,1-2H3. The Morgan fingerprint density at radius 1 is 1.30 bits per heavy atom. The minimum atomic E-state index is -0.744. The zero-order valence-electron chi connectivity index (χ0n) is 14.6. The van der Waals surface area contributed by atoms with Crippen LogP contribution < -0.4 is 10.9 Å². The summed E-state index contributed by atoms with van der Waals surface area (Å²) in [6.07, 6.45) is 0. The maximum atomic E-state index is 12.2. The van der Waals surface area contributed by atoms with Crippen molar-refractivity contribution in [2.24, 2.45) is 0 Å². The molecule has 0 saturated heterocycles. The Hall–Kier alpha value is -3.75. The van der Waals surface area contributed by atoms with Crippen LogP contribution >= 0.6 is 0 Å². The highest BCUT2D eigenvalue weighted by Gasteiger charge is 2.18. The van der Waals surface area contributed by atoms with Crippen molar-refractivity contribution in [1.29, 1.82) is 0 Å². The van der Waals surface area contributed by atoms with Crippen LogP contribution in [0.5, 0.6) is 0 Å². The molecule has 138 valence electrons. The fourth-order valence-corrected chi connectivity index (χ4v) is 2.68. The van der Waals surface area contributed by atoms with Crippen LogP contribution in [0.25, 0.3) is 5.65 Å². The molecule has 0 aliphatic rings. The number of nitro groups is 1. The molecule has 0 radical (unpaired) electrons. The molecule has 0 aliphatic carbocycles. The second-order valence-electron chi connectivity index (χ2n) is 5.76. The number of nitro benzene ring substituents is 1. The van der Waals surface area contributed by atoms with Gasteiger partial charge in [-0.3, -0.25) is 19.3 Å². The average molecular weight is 368 g/mol. The number of esters is 1. The minimum Gasteiger partial charge on any atom is -0.456 e. The highest BCUT2D eigenvalue weighted by atomic mass is 16.6. The van der Waals surface area contributed by atoms with Gasteiger partial charge in [-0.05, 0) is 31.2 Å². The van der Waals surface area contributed by atoms with Crippen molar-refractivity contribution in [1.82, 2.24) is 9.38 Å². The van der Waals surface area contributed by atoms with Crippen LogP contribution in [0.2, 0.25) is 0 Å². The van der Waals surface area contributed by atoms with Gasteiger partial charge in [-0.1, -0.05) is 6.07 Å². The van der Waals surface area contributed by atoms with Crippen LogP contribution in [0, 0.1) is 17.0 Å². The average Bonchev–Trinajstić information content (AvgIpc) is 2.65. The lowest BCUT2D eigenvalue weighted by molar-refractivity contribution is -0.384. The van der Waals surface area contributed by atoms with Gasteiger partial charge in [0.1, 0.15) is 17.9 Å². The molecule has 0 fully saturated rings. The molecule has 2 aromatic heterocycles. The number of nitrogens with one attached hydrogen (secondary N) is 1. The van der Waals surface area contributed by atoms with Gasteiger partial charge in [0.25, 0.3) is 11.2 Å². The van der Waals surface area contributed by atoms with E-state index in [1.165, 1.54) is 22.6 Å². The first kappa shape index (κ1) is 18.1. The first-order chi connectivity index (χ1) is 12.9. The van der Waals surface area contributed by atoms with Gasteiger partial charge in [-0.25, -0.2) is 9.78 Å². The largest absolute Gasteiger partial charge is 0.456 e. The van der Waals surface area contributed by atoms with Gasteiger partial charge in [-0.15, -0.1) is 0 Å². The van der Waals surface area contributed by atoms with Crippen molar-refractivity contribution >= 4 is 23.0 Å². The molecule has 0 atom stereocenters. The molecule has 1 aromatic carbocycles. The van der Waals surface area contributed by atoms with Crippen molar-refractivity contribution in [3.63, 3.8) is 0 Å². The van der Waals surface area contributed by atoms with Crippen molar-refractivity contribution < 1.29 is 14.5 Å². The zero-order chi connectivity index (χ0) is 19.6. The lowest BCUT2D eigenvalue weighted by atomic mass is 10.1. The Morgan fingerprint density at radius 2 is 2.07 bits per heavy atom. The van der Waals surface area contributed by atoms with Crippen molar-refractivity contribution in [3.05, 3.63) is 79.9 Å². The summed E-state index contributed by atoms with van der Waals surface area (Å²) in [5.74, 6) is -0.744. The van der Waals surface area contributed by atoms with Crippen LogP contribution in [0.15, 0.2) is 47.3 Å². The SMILES string of the molecule is CNc1ccc(C(=O)OCc2cc(=O)n3c(C)cccc3n2)cc1[N+](=O)[O-]. The second kappa shape index (κ2) is 7.24. The number of carbonyl (C=O) groups is 1. The lowest BCUT2D eigenvalue weighted by Gasteiger charge is -2.08. The molecule has 0 aliphatic heterocycles. The molecule has 0 saturated carbocycles. The number of carbonyl (C=O) groups excluding carboxylic acids is 1. The number of benzene rings is 1. The summed E-state index contributed by atoms with van der Waals surface area (Å²) in [6.45, 7) is 1.57. The van der Waals surface area contributed by atoms with Crippen LogP contribution in [-0.2, 0) is 11.3 Å². The number of anilines is 1. The molecule has 9 heteroatoms. The predicted molar refractivity (Wildman–Crippen MR) is 98.0 cm³/mol. The Bertz CT molecular complexity index is 1110. The van der Waals surface area contributed by atoms with Crippen molar-refractivity contribution in [2.45, 2.75) is 13.5 Å². The molecule has 0 unspecified atom stereocenters. The number of hydrogen-bond donors (Lipinski definition) is 1. The molecule has 1 N–H and O–H groups in total. The zero-order valence-corrected chi connectivity index (χ0v) is 14.6. The minimum absolute atomic E-state index is 0.0362. The summed E-state index contributed by atoms with van der Waals surface area (Å²) in [4.78, 5) is 39.3. The molecular formula is C18H16N4O5. The van der Waals surface area contributed by atoms with E-state index in [1.54, 1.807) is 32.2 Å². The third-order valence-corrected chi connectivity index (χ3v) is 3.98. The van der Waals surface area contributed by atoms with Gasteiger partial charge in [0, 0.05) is 24.9 Å². The Labute approximate surface area is 153 Å². The highest BCUT2D eigenvalue weighted by molar-refractivity contribution is 5.91. The van der Waals surface area contributed by atoms with E-state index in [1.807, 2.05) is 0 Å². The van der Waals surface area contributed by atoms with E-state index in [0.29, 0.717) is 11.3 Å². The Balaban J connectivity index is 1.82. The van der Waals surface area contributed by atoms with E-state index in [0.717, 1.165) is 11.8 Å². The number of aryl methyl sites for hydroxylation is 1. The Morgan fingerprint density at radius 3 is 2.78 bits per heavy atom. The molecule has 2 heterocycles. The molecule has 3 rings (SSSR count). The normalized spacial score (nSPS) is 10.6. The van der Waals surface area contributed by atoms with E-state index in [-0.39, 0.29) is 29.1 Å². The summed E-state index contributed by atoms with van der Waals surface area (Å²) in [7, 11) is 1.55. The molecule has 27 heavy (non-hydrogen) atoms. The van der Waals surface area contributed by atoms with Crippen LogP contribution in [0.3, 0.4) is 0 Å². The maximum absolute atomic E-state index is 12.2. The number of fused-ring (bicyclic) bond motifs is 1. The number of pyridine rings is 1. The van der Waals surface area contributed by atoms with Crippen molar-refractivity contribution in [3.8, 4) is 0 Å². The molecule has 3 aromatic rings. The van der Waals surface area contributed by atoms with E-state index in [2.05, 4.69) is 10.3 Å². The molecule has 0 amide bonds. The molecule has 0 bridgehead atoms. The maximum Gasteiger partial charge on any atom is 0.338 e. The number of nitrogens with zero attached hydrogens (tertiary/aromatic N) is 3. The first-order valence-corrected chi connectivity index (χ1v) is 8.02. The summed E-state index contributed by atoms with van der Waals surface area (Å²) in [6, 6.07) is 10.5. The third-order valence-electron chi connectivity index (χ3n) is 3.98. The molecule has 9 nitrogen and oxygen atoms in total. The van der Waals surface area contributed by atoms with Crippen molar-refractivity contribution in [2.75, 3.05) is 12.4 Å². The first-order valence-electron chi connectivity index (χ1n) is 8.02. The number of hydrogen-bond acceptors (Lipinski definition) is 7. The summed E-state index contributed by atoms with van der Waals surface area (Å²) in [5.41, 5.74) is 1.29. The monoisotopic (exact) mass is 368 g/mol. The van der Waals surface area contributed by atoms with Gasteiger partial charge < -0.3 is 10.1 Å². The van der Waals surface area contributed by atoms with Gasteiger partial charge >= 0.3 is 5.97 Å². The predicted octanol–water partition coefficient (Wildman–Crippen LogP) is 2.31. The summed E-state index contributed by atoms with van der Waals surface area (Å²) in [5, 5.41) is 13.8. The quantitative estimate of drug-likeness (QED) is 0.417. The smallest absolute Gasteiger partial charge is 0.338 e. The van der Waals surface area contributed by atoms with E-state index in [4.69, 9.17) is 4.74 Å². The number of aromatic nitrogens is 2. The molecule has 0 spiro atoms. The van der Waals surface area contributed by atoms with Crippen LogP contribution in [0.1, 0.15) is 21.7 Å². The lowest BCUT2D eigenvalue weighted by Crippen LogP contribution is -2.18. The third kappa shape index (κ3) is 3.61. The van der Waals surface area contributed by atoms with E-state index < -0.39 is 10.9 Å². The summed E-state index contributed by atoms with van der Waals surface area (Å²) >= 11 is 0.